The second-order valence-corrected chi connectivity index (χ2v) is 8.23. The van der Waals surface area contributed by atoms with Gasteiger partial charge in [-0.05, 0) is 53.8 Å². The molecule has 0 bridgehead atoms. The van der Waals surface area contributed by atoms with Crippen LogP contribution in [0.25, 0.3) is 22.4 Å². The number of thioether (sulfide) groups is 1. The Hall–Kier alpha value is -2.47. The van der Waals surface area contributed by atoms with E-state index in [9.17, 15) is 0 Å². The molecule has 2 aromatic heterocycles. The first-order valence-corrected chi connectivity index (χ1v) is 11.1. The monoisotopic (exact) mass is 435 g/mol. The minimum atomic E-state index is 0.573. The van der Waals surface area contributed by atoms with Crippen LogP contribution in [-0.4, -0.2) is 21.0 Å². The highest BCUT2D eigenvalue weighted by molar-refractivity contribution is 7.98. The molecule has 0 atom stereocenters. The van der Waals surface area contributed by atoms with Crippen LogP contribution in [0, 0.1) is 4.64 Å². The Bertz CT molecular complexity index is 1170. The van der Waals surface area contributed by atoms with E-state index in [2.05, 4.69) is 35.5 Å². The standard InChI is InChI=1S/C23H18ClN3S2/c1-29-20-10-6-18(7-11-20)23-21(17-4-8-19(24)9-5-17)13-22(28)27(26-23)15-16-3-2-12-25-14-16/h2-14H,15H2,1H3. The summed E-state index contributed by atoms with van der Waals surface area (Å²) < 4.78 is 2.52. The van der Waals surface area contributed by atoms with Crippen molar-refractivity contribution in [2.24, 2.45) is 0 Å². The van der Waals surface area contributed by atoms with Gasteiger partial charge in [0.1, 0.15) is 4.64 Å². The molecule has 29 heavy (non-hydrogen) atoms. The van der Waals surface area contributed by atoms with E-state index in [0.717, 1.165) is 27.9 Å². The van der Waals surface area contributed by atoms with Gasteiger partial charge in [0.25, 0.3) is 0 Å². The number of hydrogen-bond acceptors (Lipinski definition) is 4. The molecule has 0 spiro atoms. The van der Waals surface area contributed by atoms with Crippen LogP contribution in [0.3, 0.4) is 0 Å². The van der Waals surface area contributed by atoms with Crippen molar-refractivity contribution < 1.29 is 0 Å². The molecule has 6 heteroatoms. The molecule has 0 radical (unpaired) electrons. The van der Waals surface area contributed by atoms with Gasteiger partial charge < -0.3 is 0 Å². The second kappa shape index (κ2) is 8.91. The molecule has 0 N–H and O–H groups in total. The zero-order valence-electron chi connectivity index (χ0n) is 15.7. The third-order valence-electron chi connectivity index (χ3n) is 4.57. The van der Waals surface area contributed by atoms with E-state index in [1.807, 2.05) is 53.3 Å². The fourth-order valence-corrected chi connectivity index (χ4v) is 3.84. The lowest BCUT2D eigenvalue weighted by atomic mass is 10.0. The summed E-state index contributed by atoms with van der Waals surface area (Å²) in [4.78, 5) is 5.41. The van der Waals surface area contributed by atoms with Crippen LogP contribution in [0.1, 0.15) is 5.56 Å². The van der Waals surface area contributed by atoms with Gasteiger partial charge in [-0.1, -0.05) is 54.2 Å². The normalized spacial score (nSPS) is 10.8. The van der Waals surface area contributed by atoms with Crippen LogP contribution in [-0.2, 0) is 6.54 Å². The molecular formula is C23H18ClN3S2. The molecule has 4 aromatic rings. The Morgan fingerprint density at radius 2 is 1.72 bits per heavy atom. The molecule has 2 heterocycles. The molecule has 2 aromatic carbocycles. The molecule has 0 aliphatic carbocycles. The minimum absolute atomic E-state index is 0.573. The summed E-state index contributed by atoms with van der Waals surface area (Å²) in [6.45, 7) is 0.573. The lowest BCUT2D eigenvalue weighted by Gasteiger charge is -2.14. The predicted molar refractivity (Wildman–Crippen MR) is 124 cm³/mol. The number of aromatic nitrogens is 3. The summed E-state index contributed by atoms with van der Waals surface area (Å²) in [5, 5.41) is 5.64. The quantitative estimate of drug-likeness (QED) is 0.256. The first kappa shape index (κ1) is 19.8. The smallest absolute Gasteiger partial charge is 0.123 e. The Kier molecular flexibility index (Phi) is 6.09. The average molecular weight is 436 g/mol. The number of hydrogen-bond donors (Lipinski definition) is 0. The Labute approximate surface area is 184 Å². The van der Waals surface area contributed by atoms with Crippen molar-refractivity contribution in [2.75, 3.05) is 6.26 Å². The van der Waals surface area contributed by atoms with Crippen molar-refractivity contribution in [1.29, 1.82) is 0 Å². The number of nitrogens with zero attached hydrogens (tertiary/aromatic N) is 3. The van der Waals surface area contributed by atoms with Crippen molar-refractivity contribution in [2.45, 2.75) is 11.4 Å². The van der Waals surface area contributed by atoms with Gasteiger partial charge in [0.05, 0.1) is 12.2 Å². The summed E-state index contributed by atoms with van der Waals surface area (Å²) in [5.74, 6) is 0. The van der Waals surface area contributed by atoms with Gasteiger partial charge in [-0.25, -0.2) is 4.68 Å². The van der Waals surface area contributed by atoms with E-state index in [-0.39, 0.29) is 0 Å². The first-order chi connectivity index (χ1) is 14.1. The zero-order valence-corrected chi connectivity index (χ0v) is 18.1. The number of halogens is 1. The summed E-state index contributed by atoms with van der Waals surface area (Å²) in [7, 11) is 0. The SMILES string of the molecule is CSc1ccc(-c2nn(Cc3cccnc3)c(=S)cc2-c2ccc(Cl)cc2)cc1. The van der Waals surface area contributed by atoms with Crippen molar-refractivity contribution in [3.8, 4) is 22.4 Å². The highest BCUT2D eigenvalue weighted by atomic mass is 35.5. The molecule has 0 saturated heterocycles. The highest BCUT2D eigenvalue weighted by Gasteiger charge is 2.12. The highest BCUT2D eigenvalue weighted by Crippen LogP contribution is 2.32. The Morgan fingerprint density at radius 1 is 1.00 bits per heavy atom. The number of pyridine rings is 1. The number of benzene rings is 2. The fourth-order valence-electron chi connectivity index (χ4n) is 3.08. The maximum Gasteiger partial charge on any atom is 0.123 e. The van der Waals surface area contributed by atoms with Gasteiger partial charge >= 0.3 is 0 Å². The van der Waals surface area contributed by atoms with Crippen molar-refractivity contribution in [1.82, 2.24) is 14.8 Å². The topological polar surface area (TPSA) is 30.7 Å². The summed E-state index contributed by atoms with van der Waals surface area (Å²) in [5.41, 5.74) is 5.01. The molecule has 0 unspecified atom stereocenters. The van der Waals surface area contributed by atoms with Crippen LogP contribution >= 0.6 is 35.6 Å². The largest absolute Gasteiger partial charge is 0.264 e. The summed E-state index contributed by atoms with van der Waals surface area (Å²) >= 11 is 13.5. The molecule has 4 rings (SSSR count). The van der Waals surface area contributed by atoms with Gasteiger partial charge in [-0.15, -0.1) is 11.8 Å². The maximum absolute atomic E-state index is 6.09. The molecule has 0 aliphatic rings. The van der Waals surface area contributed by atoms with Crippen molar-refractivity contribution in [3.05, 3.63) is 94.4 Å². The number of rotatable bonds is 5. The Morgan fingerprint density at radius 3 is 2.38 bits per heavy atom. The third-order valence-corrected chi connectivity index (χ3v) is 5.90. The molecular weight excluding hydrogens is 418 g/mol. The van der Waals surface area contributed by atoms with E-state index in [0.29, 0.717) is 16.2 Å². The lowest BCUT2D eigenvalue weighted by molar-refractivity contribution is 0.658. The van der Waals surface area contributed by atoms with Gasteiger partial charge in [0, 0.05) is 33.4 Å². The van der Waals surface area contributed by atoms with Crippen molar-refractivity contribution in [3.63, 3.8) is 0 Å². The van der Waals surface area contributed by atoms with Gasteiger partial charge in [0.15, 0.2) is 0 Å². The van der Waals surface area contributed by atoms with Crippen LogP contribution in [0.15, 0.2) is 84.0 Å². The van der Waals surface area contributed by atoms with Crippen LogP contribution in [0.5, 0.6) is 0 Å². The third kappa shape index (κ3) is 4.58. The zero-order chi connectivity index (χ0) is 20.2. The van der Waals surface area contributed by atoms with Crippen LogP contribution in [0.4, 0.5) is 0 Å². The van der Waals surface area contributed by atoms with Crippen LogP contribution < -0.4 is 0 Å². The maximum atomic E-state index is 6.09. The second-order valence-electron chi connectivity index (χ2n) is 6.50. The molecule has 144 valence electrons. The lowest BCUT2D eigenvalue weighted by Crippen LogP contribution is -2.09. The van der Waals surface area contributed by atoms with E-state index in [1.165, 1.54) is 4.90 Å². The average Bonchev–Trinajstić information content (AvgIpc) is 2.76. The fraction of sp³-hybridized carbons (Fsp3) is 0.0870. The van der Waals surface area contributed by atoms with Crippen LogP contribution in [0.2, 0.25) is 5.02 Å². The van der Waals surface area contributed by atoms with Gasteiger partial charge in [-0.3, -0.25) is 4.98 Å². The van der Waals surface area contributed by atoms with Crippen molar-refractivity contribution >= 4 is 35.6 Å². The molecule has 0 aliphatic heterocycles. The van der Waals surface area contributed by atoms with Gasteiger partial charge in [0.2, 0.25) is 0 Å². The van der Waals surface area contributed by atoms with E-state index < -0.39 is 0 Å². The summed E-state index contributed by atoms with van der Waals surface area (Å²) in [6.07, 6.45) is 5.67. The molecule has 0 amide bonds. The van der Waals surface area contributed by atoms with E-state index in [1.54, 1.807) is 18.0 Å². The summed E-state index contributed by atoms with van der Waals surface area (Å²) in [6, 6.07) is 22.2. The molecule has 0 saturated carbocycles. The van der Waals surface area contributed by atoms with E-state index >= 15 is 0 Å². The Balaban J connectivity index is 1.86. The van der Waals surface area contributed by atoms with E-state index in [4.69, 9.17) is 28.9 Å². The molecule has 0 fully saturated rings. The predicted octanol–water partition coefficient (Wildman–Crippen LogP) is 6.77. The molecule has 3 nitrogen and oxygen atoms in total. The van der Waals surface area contributed by atoms with Gasteiger partial charge in [-0.2, -0.15) is 5.10 Å². The first-order valence-electron chi connectivity index (χ1n) is 9.05. The minimum Gasteiger partial charge on any atom is -0.264 e.